The van der Waals surface area contributed by atoms with Crippen LogP contribution in [0, 0.1) is 11.3 Å². The molecule has 0 saturated heterocycles. The van der Waals surface area contributed by atoms with Crippen molar-refractivity contribution < 1.29 is 9.90 Å². The molecule has 18 heavy (non-hydrogen) atoms. The van der Waals surface area contributed by atoms with Gasteiger partial charge in [-0.15, -0.1) is 0 Å². The number of rotatable bonds is 6. The molecule has 1 amide bonds. The average molecular weight is 253 g/mol. The van der Waals surface area contributed by atoms with Crippen LogP contribution in [0.25, 0.3) is 0 Å². The molecule has 0 aromatic heterocycles. The number of nitrogens with one attached hydrogen (secondary N) is 1. The third-order valence-electron chi connectivity index (χ3n) is 3.39. The van der Waals surface area contributed by atoms with E-state index in [-0.39, 0.29) is 18.6 Å². The van der Waals surface area contributed by atoms with E-state index in [4.69, 9.17) is 5.26 Å². The number of hydrogen-bond acceptors (Lipinski definition) is 4. The number of amides is 1. The van der Waals surface area contributed by atoms with Crippen molar-refractivity contribution in [3.8, 4) is 6.07 Å². The summed E-state index contributed by atoms with van der Waals surface area (Å²) >= 11 is 0. The fraction of sp³-hybridized carbons (Fsp3) is 0.846. The van der Waals surface area contributed by atoms with E-state index in [9.17, 15) is 9.90 Å². The fourth-order valence-corrected chi connectivity index (χ4v) is 2.28. The van der Waals surface area contributed by atoms with Gasteiger partial charge < -0.3 is 10.4 Å². The molecule has 1 atom stereocenters. The van der Waals surface area contributed by atoms with Crippen molar-refractivity contribution in [3.05, 3.63) is 0 Å². The molecule has 1 aliphatic rings. The lowest BCUT2D eigenvalue weighted by molar-refractivity contribution is -0.123. The van der Waals surface area contributed by atoms with Gasteiger partial charge in [0.05, 0.1) is 18.7 Å². The summed E-state index contributed by atoms with van der Waals surface area (Å²) < 4.78 is 0. The van der Waals surface area contributed by atoms with Crippen LogP contribution in [0.1, 0.15) is 39.0 Å². The van der Waals surface area contributed by atoms with E-state index in [0.29, 0.717) is 13.0 Å². The Hall–Kier alpha value is -1.12. The summed E-state index contributed by atoms with van der Waals surface area (Å²) in [5.41, 5.74) is -0.637. The topological polar surface area (TPSA) is 76.4 Å². The molecule has 0 radical (unpaired) electrons. The van der Waals surface area contributed by atoms with Gasteiger partial charge in [0.15, 0.2) is 0 Å². The first kappa shape index (κ1) is 14.9. The van der Waals surface area contributed by atoms with Gasteiger partial charge in [-0.05, 0) is 46.1 Å². The van der Waals surface area contributed by atoms with Crippen molar-refractivity contribution in [1.29, 1.82) is 5.26 Å². The van der Waals surface area contributed by atoms with Gasteiger partial charge in [-0.25, -0.2) is 0 Å². The molecule has 1 aliphatic carbocycles. The molecule has 1 fully saturated rings. The van der Waals surface area contributed by atoms with Crippen LogP contribution in [-0.2, 0) is 4.79 Å². The van der Waals surface area contributed by atoms with E-state index in [0.717, 1.165) is 25.7 Å². The first-order valence-electron chi connectivity index (χ1n) is 6.56. The average Bonchev–Trinajstić information content (AvgIpc) is 2.75. The number of carbonyl (C=O) groups is 1. The molecule has 1 saturated carbocycles. The molecule has 5 heteroatoms. The minimum absolute atomic E-state index is 0.105. The molecule has 1 rings (SSSR count). The predicted octanol–water partition coefficient (Wildman–Crippen LogP) is 0.642. The van der Waals surface area contributed by atoms with Crippen LogP contribution in [0.2, 0.25) is 0 Å². The van der Waals surface area contributed by atoms with E-state index in [1.165, 1.54) is 0 Å². The quantitative estimate of drug-likeness (QED) is 0.728. The van der Waals surface area contributed by atoms with Gasteiger partial charge in [0.25, 0.3) is 0 Å². The van der Waals surface area contributed by atoms with Crippen molar-refractivity contribution >= 4 is 5.91 Å². The number of hydrogen-bond donors (Lipinski definition) is 2. The Labute approximate surface area is 109 Å². The smallest absolute Gasteiger partial charge is 0.235 e. The summed E-state index contributed by atoms with van der Waals surface area (Å²) in [4.78, 5) is 13.7. The van der Waals surface area contributed by atoms with Gasteiger partial charge >= 0.3 is 0 Å². The summed E-state index contributed by atoms with van der Waals surface area (Å²) in [6, 6.07) is 2.24. The Morgan fingerprint density at radius 1 is 1.56 bits per heavy atom. The summed E-state index contributed by atoms with van der Waals surface area (Å²) in [5, 5.41) is 21.2. The zero-order chi connectivity index (χ0) is 13.6. The normalized spacial score (nSPS) is 19.5. The molecule has 0 aromatic rings. The van der Waals surface area contributed by atoms with E-state index >= 15 is 0 Å². The van der Waals surface area contributed by atoms with Crippen LogP contribution in [0.15, 0.2) is 0 Å². The molecule has 2 N–H and O–H groups in total. The van der Waals surface area contributed by atoms with Gasteiger partial charge in [-0.2, -0.15) is 5.26 Å². The molecular formula is C13H23N3O2. The molecule has 0 bridgehead atoms. The Kier molecular flexibility index (Phi) is 5.57. The van der Waals surface area contributed by atoms with Crippen molar-refractivity contribution in [3.63, 3.8) is 0 Å². The zero-order valence-corrected chi connectivity index (χ0v) is 11.3. The molecule has 1 unspecified atom stereocenters. The maximum absolute atomic E-state index is 11.9. The van der Waals surface area contributed by atoms with Gasteiger partial charge in [-0.3, -0.25) is 9.69 Å². The summed E-state index contributed by atoms with van der Waals surface area (Å²) in [6.45, 7) is 2.68. The summed E-state index contributed by atoms with van der Waals surface area (Å²) in [6.07, 6.45) is 3.82. The predicted molar refractivity (Wildman–Crippen MR) is 68.7 cm³/mol. The lowest BCUT2D eigenvalue weighted by Gasteiger charge is -2.24. The van der Waals surface area contributed by atoms with Gasteiger partial charge in [0.2, 0.25) is 5.91 Å². The lowest BCUT2D eigenvalue weighted by atomic mass is 10.00. The molecule has 0 heterocycles. The van der Waals surface area contributed by atoms with Crippen LogP contribution in [0.4, 0.5) is 0 Å². The van der Waals surface area contributed by atoms with Crippen molar-refractivity contribution in [2.24, 2.45) is 0 Å². The molecule has 0 aromatic carbocycles. The maximum atomic E-state index is 11.9. The standard InChI is InChI=1S/C13H23N3O2/c1-11(17)5-8-16(2)9-12(18)15-13(10-14)6-3-4-7-13/h11,17H,3-9H2,1-2H3,(H,15,18). The Morgan fingerprint density at radius 3 is 2.67 bits per heavy atom. The number of nitriles is 1. The number of aliphatic hydroxyl groups is 1. The van der Waals surface area contributed by atoms with Crippen LogP contribution >= 0.6 is 0 Å². The van der Waals surface area contributed by atoms with Crippen LogP contribution in [0.5, 0.6) is 0 Å². The Morgan fingerprint density at radius 2 is 2.17 bits per heavy atom. The molecule has 0 spiro atoms. The van der Waals surface area contributed by atoms with Crippen molar-refractivity contribution in [2.75, 3.05) is 20.1 Å². The van der Waals surface area contributed by atoms with E-state index in [1.54, 1.807) is 6.92 Å². The first-order chi connectivity index (χ1) is 8.47. The first-order valence-corrected chi connectivity index (χ1v) is 6.56. The summed E-state index contributed by atoms with van der Waals surface area (Å²) in [7, 11) is 1.84. The Balaban J connectivity index is 2.35. The highest BCUT2D eigenvalue weighted by atomic mass is 16.3. The number of aliphatic hydroxyl groups excluding tert-OH is 1. The molecule has 102 valence electrons. The lowest BCUT2D eigenvalue weighted by Crippen LogP contribution is -2.48. The minimum atomic E-state index is -0.637. The third-order valence-corrected chi connectivity index (χ3v) is 3.39. The number of likely N-dealkylation sites (N-methyl/N-ethyl adjacent to an activating group) is 1. The minimum Gasteiger partial charge on any atom is -0.393 e. The number of carbonyl (C=O) groups excluding carboxylic acids is 1. The third kappa shape index (κ3) is 4.63. The van der Waals surface area contributed by atoms with Crippen LogP contribution in [0.3, 0.4) is 0 Å². The van der Waals surface area contributed by atoms with E-state index < -0.39 is 5.54 Å². The second-order valence-corrected chi connectivity index (χ2v) is 5.32. The largest absolute Gasteiger partial charge is 0.393 e. The van der Waals surface area contributed by atoms with Crippen molar-refractivity contribution in [2.45, 2.75) is 50.7 Å². The fourth-order valence-electron chi connectivity index (χ4n) is 2.28. The monoisotopic (exact) mass is 253 g/mol. The van der Waals surface area contributed by atoms with Crippen molar-refractivity contribution in [1.82, 2.24) is 10.2 Å². The van der Waals surface area contributed by atoms with Crippen LogP contribution < -0.4 is 5.32 Å². The highest BCUT2D eigenvalue weighted by Gasteiger charge is 2.35. The van der Waals surface area contributed by atoms with Gasteiger partial charge in [0, 0.05) is 6.54 Å². The molecule has 0 aliphatic heterocycles. The Bertz CT molecular complexity index is 317. The second kappa shape index (κ2) is 6.72. The number of nitrogens with zero attached hydrogens (tertiary/aromatic N) is 2. The molecular weight excluding hydrogens is 230 g/mol. The SMILES string of the molecule is CC(O)CCN(C)CC(=O)NC1(C#N)CCCC1. The van der Waals surface area contributed by atoms with Gasteiger partial charge in [0.1, 0.15) is 5.54 Å². The highest BCUT2D eigenvalue weighted by molar-refractivity contribution is 5.79. The second-order valence-electron chi connectivity index (χ2n) is 5.32. The zero-order valence-electron chi connectivity index (χ0n) is 11.3. The summed E-state index contributed by atoms with van der Waals surface area (Å²) in [5.74, 6) is -0.105. The molecule has 5 nitrogen and oxygen atoms in total. The van der Waals surface area contributed by atoms with Gasteiger partial charge in [-0.1, -0.05) is 0 Å². The van der Waals surface area contributed by atoms with E-state index in [2.05, 4.69) is 11.4 Å². The maximum Gasteiger partial charge on any atom is 0.235 e. The van der Waals surface area contributed by atoms with Crippen LogP contribution in [-0.4, -0.2) is 47.7 Å². The highest BCUT2D eigenvalue weighted by Crippen LogP contribution is 2.28. The van der Waals surface area contributed by atoms with E-state index in [1.807, 2.05) is 11.9 Å².